The molecule has 0 radical (unpaired) electrons. The minimum absolute atomic E-state index is 0.833. The number of aliphatic imine (C=N–C) groups is 1. The van der Waals surface area contributed by atoms with E-state index in [-0.39, 0.29) is 0 Å². The van der Waals surface area contributed by atoms with E-state index in [0.29, 0.717) is 0 Å². The molecule has 2 rings (SSSR count). The highest BCUT2D eigenvalue weighted by Gasteiger charge is 2.09. The van der Waals surface area contributed by atoms with Crippen LogP contribution in [0.3, 0.4) is 0 Å². The highest BCUT2D eigenvalue weighted by molar-refractivity contribution is 7.13. The van der Waals surface area contributed by atoms with Gasteiger partial charge in [-0.2, -0.15) is 0 Å². The molecule has 0 unspecified atom stereocenters. The third-order valence-electron chi connectivity index (χ3n) is 3.18. The van der Waals surface area contributed by atoms with Gasteiger partial charge in [-0.25, -0.2) is 0 Å². The zero-order valence-electron chi connectivity index (χ0n) is 14.5. The molecule has 124 valence electrons. The Bertz CT molecular complexity index is 466. The van der Waals surface area contributed by atoms with Crippen LogP contribution in [0.5, 0.6) is 0 Å². The summed E-state index contributed by atoms with van der Waals surface area (Å²) in [7, 11) is 0. The molecule has 0 bridgehead atoms. The van der Waals surface area contributed by atoms with E-state index in [4.69, 9.17) is 5.73 Å². The van der Waals surface area contributed by atoms with E-state index < -0.39 is 0 Å². The Labute approximate surface area is 139 Å². The molecule has 2 N–H and O–H groups in total. The summed E-state index contributed by atoms with van der Waals surface area (Å²) in [5, 5.41) is 0. The molecule has 0 atom stereocenters. The quantitative estimate of drug-likeness (QED) is 0.826. The smallest absolute Gasteiger partial charge is 0.0517 e. The first-order chi connectivity index (χ1) is 10.5. The molecule has 1 aliphatic heterocycles. The van der Waals surface area contributed by atoms with Gasteiger partial charge in [0.1, 0.15) is 0 Å². The number of hydrogen-bond acceptors (Lipinski definition) is 4. The maximum atomic E-state index is 5.66. The van der Waals surface area contributed by atoms with E-state index in [1.165, 1.54) is 35.7 Å². The highest BCUT2D eigenvalue weighted by Crippen LogP contribution is 2.21. The number of nitrogens with two attached hydrogens (primary N) is 1. The van der Waals surface area contributed by atoms with Gasteiger partial charge in [0.15, 0.2) is 0 Å². The van der Waals surface area contributed by atoms with Gasteiger partial charge in [-0.3, -0.25) is 4.99 Å². The van der Waals surface area contributed by atoms with E-state index in [9.17, 15) is 0 Å². The normalized spacial score (nSPS) is 16.3. The summed E-state index contributed by atoms with van der Waals surface area (Å²) in [6.07, 6.45) is 6.23. The summed E-state index contributed by atoms with van der Waals surface area (Å²) in [4.78, 5) is 9.45. The minimum Gasteiger partial charge on any atom is -0.404 e. The molecule has 1 saturated heterocycles. The predicted molar refractivity (Wildman–Crippen MR) is 101 cm³/mol. The van der Waals surface area contributed by atoms with Crippen molar-refractivity contribution >= 4 is 23.1 Å². The molecule has 0 spiro atoms. The second-order valence-electron chi connectivity index (χ2n) is 6.35. The first kappa shape index (κ1) is 18.9. The predicted octanol–water partition coefficient (Wildman–Crippen LogP) is 4.19. The summed E-state index contributed by atoms with van der Waals surface area (Å²) in [6, 6.07) is 4.22. The van der Waals surface area contributed by atoms with E-state index in [1.807, 2.05) is 6.21 Å². The van der Waals surface area contributed by atoms with Crippen molar-refractivity contribution in [2.75, 3.05) is 26.2 Å². The Morgan fingerprint density at radius 2 is 1.95 bits per heavy atom. The fourth-order valence-electron chi connectivity index (χ4n) is 2.15. The highest BCUT2D eigenvalue weighted by atomic mass is 32.1. The molecule has 0 amide bonds. The van der Waals surface area contributed by atoms with Crippen LogP contribution in [0.25, 0.3) is 5.57 Å². The Morgan fingerprint density at radius 3 is 2.45 bits per heavy atom. The standard InChI is InChI=1S/C14H21N3S.C4H10/c1-12-4-5-14(18-12)13(10-15)11-16-6-9-17-7-2-3-8-17;1-4(2)3/h4-5,10-11H,2-3,6-9,15H2,1H3;4H,1-3H3/b13-10+,16-11?;. The molecule has 0 aromatic carbocycles. The SMILES string of the molecule is CC(C)C.Cc1ccc(/C(C=NCCN2CCCC2)=C/N)s1. The topological polar surface area (TPSA) is 41.6 Å². The van der Waals surface area contributed by atoms with Crippen molar-refractivity contribution < 1.29 is 0 Å². The van der Waals surface area contributed by atoms with Crippen molar-refractivity contribution in [3.05, 3.63) is 28.1 Å². The number of allylic oxidation sites excluding steroid dienone is 1. The van der Waals surface area contributed by atoms with Crippen LogP contribution in [0.1, 0.15) is 43.4 Å². The maximum Gasteiger partial charge on any atom is 0.0517 e. The Hall–Kier alpha value is -1.13. The zero-order valence-corrected chi connectivity index (χ0v) is 15.3. The lowest BCUT2D eigenvalue weighted by Gasteiger charge is -2.11. The monoisotopic (exact) mass is 321 g/mol. The van der Waals surface area contributed by atoms with Crippen molar-refractivity contribution in [2.24, 2.45) is 16.6 Å². The fourth-order valence-corrected chi connectivity index (χ4v) is 3.00. The van der Waals surface area contributed by atoms with Crippen LogP contribution in [0.2, 0.25) is 0 Å². The van der Waals surface area contributed by atoms with Gasteiger partial charge < -0.3 is 10.6 Å². The second kappa shape index (κ2) is 10.6. The molecule has 1 fully saturated rings. The van der Waals surface area contributed by atoms with Crippen molar-refractivity contribution in [1.29, 1.82) is 0 Å². The molecular formula is C18H31N3S. The minimum atomic E-state index is 0.833. The molecule has 4 heteroatoms. The average Bonchev–Trinajstić information content (AvgIpc) is 3.10. The van der Waals surface area contributed by atoms with Gasteiger partial charge in [0, 0.05) is 34.3 Å². The number of thiophene rings is 1. The molecule has 1 aromatic heterocycles. The largest absolute Gasteiger partial charge is 0.404 e. The van der Waals surface area contributed by atoms with E-state index in [2.05, 4.69) is 49.7 Å². The number of rotatable bonds is 5. The van der Waals surface area contributed by atoms with Crippen molar-refractivity contribution in [1.82, 2.24) is 4.90 Å². The number of aryl methyl sites for hydroxylation is 1. The summed E-state index contributed by atoms with van der Waals surface area (Å²) < 4.78 is 0. The Balaban J connectivity index is 0.000000541. The van der Waals surface area contributed by atoms with Crippen molar-refractivity contribution in [2.45, 2.75) is 40.5 Å². The zero-order chi connectivity index (χ0) is 16.4. The van der Waals surface area contributed by atoms with Crippen LogP contribution in [0, 0.1) is 12.8 Å². The van der Waals surface area contributed by atoms with Crippen molar-refractivity contribution in [3.63, 3.8) is 0 Å². The second-order valence-corrected chi connectivity index (χ2v) is 7.64. The molecule has 22 heavy (non-hydrogen) atoms. The van der Waals surface area contributed by atoms with E-state index in [1.54, 1.807) is 17.5 Å². The third kappa shape index (κ3) is 7.76. The summed E-state index contributed by atoms with van der Waals surface area (Å²) in [5.74, 6) is 0.833. The van der Waals surface area contributed by atoms with Crippen LogP contribution in [0.4, 0.5) is 0 Å². The summed E-state index contributed by atoms with van der Waals surface area (Å²) in [6.45, 7) is 13.0. The number of likely N-dealkylation sites (tertiary alicyclic amines) is 1. The lowest BCUT2D eigenvalue weighted by molar-refractivity contribution is 0.349. The molecule has 0 aliphatic carbocycles. The van der Waals surface area contributed by atoms with E-state index >= 15 is 0 Å². The third-order valence-corrected chi connectivity index (χ3v) is 4.23. The van der Waals surface area contributed by atoms with Gasteiger partial charge in [-0.05, 0) is 50.9 Å². The van der Waals surface area contributed by atoms with Crippen LogP contribution in [0.15, 0.2) is 23.3 Å². The molecule has 1 aromatic rings. The van der Waals surface area contributed by atoms with Gasteiger partial charge in [0.05, 0.1) is 6.54 Å². The summed E-state index contributed by atoms with van der Waals surface area (Å²) in [5.41, 5.74) is 6.68. The molecular weight excluding hydrogens is 290 g/mol. The first-order valence-corrected chi connectivity index (χ1v) is 9.05. The van der Waals surface area contributed by atoms with Crippen LogP contribution >= 0.6 is 11.3 Å². The first-order valence-electron chi connectivity index (χ1n) is 8.23. The lowest BCUT2D eigenvalue weighted by Crippen LogP contribution is -2.22. The lowest BCUT2D eigenvalue weighted by atomic mass is 10.2. The van der Waals surface area contributed by atoms with Crippen molar-refractivity contribution in [3.8, 4) is 0 Å². The molecule has 1 aliphatic rings. The Morgan fingerprint density at radius 1 is 1.32 bits per heavy atom. The van der Waals surface area contributed by atoms with Gasteiger partial charge in [0.2, 0.25) is 0 Å². The van der Waals surface area contributed by atoms with Gasteiger partial charge in [-0.15, -0.1) is 11.3 Å². The van der Waals surface area contributed by atoms with Crippen LogP contribution < -0.4 is 5.73 Å². The maximum absolute atomic E-state index is 5.66. The van der Waals surface area contributed by atoms with Gasteiger partial charge >= 0.3 is 0 Å². The summed E-state index contributed by atoms with van der Waals surface area (Å²) >= 11 is 1.75. The molecule has 0 saturated carbocycles. The van der Waals surface area contributed by atoms with Crippen LogP contribution in [-0.2, 0) is 0 Å². The number of hydrogen-bond donors (Lipinski definition) is 1. The molecule has 2 heterocycles. The van der Waals surface area contributed by atoms with Gasteiger partial charge in [0.25, 0.3) is 0 Å². The average molecular weight is 322 g/mol. The van der Waals surface area contributed by atoms with Gasteiger partial charge in [-0.1, -0.05) is 20.8 Å². The fraction of sp³-hybridized carbons (Fsp3) is 0.611. The molecule has 3 nitrogen and oxygen atoms in total. The number of nitrogens with zero attached hydrogens (tertiary/aromatic N) is 2. The Kier molecular flexibility index (Phi) is 9.09. The van der Waals surface area contributed by atoms with Crippen LogP contribution in [-0.4, -0.2) is 37.3 Å². The van der Waals surface area contributed by atoms with E-state index in [0.717, 1.165) is 24.6 Å².